The molecular weight excluding hydrogens is 385 g/mol. The van der Waals surface area contributed by atoms with Crippen LogP contribution in [0.25, 0.3) is 0 Å². The molecule has 2 amide bonds. The van der Waals surface area contributed by atoms with E-state index in [9.17, 15) is 22.8 Å². The fourth-order valence-corrected chi connectivity index (χ4v) is 6.00. The van der Waals surface area contributed by atoms with E-state index >= 15 is 0 Å². The van der Waals surface area contributed by atoms with Crippen LogP contribution in [0.2, 0.25) is 0 Å². The Kier molecular flexibility index (Phi) is 5.11. The first-order chi connectivity index (χ1) is 13.6. The number of hydrogen-bond acceptors (Lipinski definition) is 3. The first-order valence-corrected chi connectivity index (χ1v) is 10.2. The molecule has 0 saturated heterocycles. The molecule has 0 aromatic carbocycles. The third kappa shape index (κ3) is 4.28. The van der Waals surface area contributed by atoms with Crippen LogP contribution in [0.5, 0.6) is 0 Å². The smallest absolute Gasteiger partial charge is 0.347 e. The van der Waals surface area contributed by atoms with Gasteiger partial charge in [-0.25, -0.2) is 4.98 Å². The van der Waals surface area contributed by atoms with Crippen molar-refractivity contribution in [3.63, 3.8) is 0 Å². The van der Waals surface area contributed by atoms with Crippen LogP contribution >= 0.6 is 0 Å². The molecule has 9 heteroatoms. The summed E-state index contributed by atoms with van der Waals surface area (Å²) in [6.45, 7) is -1.33. The number of carbonyl (C=O) groups excluding carboxylic acids is 2. The lowest BCUT2D eigenvalue weighted by molar-refractivity contribution is -0.148. The molecule has 4 bridgehead atoms. The van der Waals surface area contributed by atoms with Gasteiger partial charge in [-0.3, -0.25) is 9.59 Å². The summed E-state index contributed by atoms with van der Waals surface area (Å²) in [6.07, 6.45) is 4.64. The molecule has 4 saturated carbocycles. The van der Waals surface area contributed by atoms with Gasteiger partial charge in [0.25, 0.3) is 0 Å². The number of amides is 2. The lowest BCUT2D eigenvalue weighted by atomic mass is 9.49. The van der Waals surface area contributed by atoms with Gasteiger partial charge in [0.15, 0.2) is 0 Å². The van der Waals surface area contributed by atoms with Crippen LogP contribution in [-0.4, -0.2) is 46.0 Å². The van der Waals surface area contributed by atoms with Crippen molar-refractivity contribution in [3.8, 4) is 0 Å². The standard InChI is InChI=1S/C20H27F3N4O2/c1-26(11-16-24-2-3-27(16)12-20(21,22)23)17(28)10-25-18(29)19-7-13-4-14(8-19)6-15(5-13)9-19/h2-3,13-15H,4-12H2,1H3,(H,25,29). The molecule has 6 nitrogen and oxygen atoms in total. The molecule has 0 aliphatic heterocycles. The van der Waals surface area contributed by atoms with Crippen LogP contribution < -0.4 is 5.32 Å². The molecule has 1 aromatic rings. The van der Waals surface area contributed by atoms with E-state index in [4.69, 9.17) is 0 Å². The fraction of sp³-hybridized carbons (Fsp3) is 0.750. The van der Waals surface area contributed by atoms with Crippen molar-refractivity contribution in [2.24, 2.45) is 23.2 Å². The highest BCUT2D eigenvalue weighted by atomic mass is 19.4. The van der Waals surface area contributed by atoms with Gasteiger partial charge in [-0.2, -0.15) is 13.2 Å². The van der Waals surface area contributed by atoms with Gasteiger partial charge in [0.2, 0.25) is 11.8 Å². The topological polar surface area (TPSA) is 67.2 Å². The van der Waals surface area contributed by atoms with Crippen molar-refractivity contribution in [1.29, 1.82) is 0 Å². The average Bonchev–Trinajstić information content (AvgIpc) is 3.02. The highest BCUT2D eigenvalue weighted by molar-refractivity contribution is 5.88. The van der Waals surface area contributed by atoms with Crippen LogP contribution in [0.1, 0.15) is 44.3 Å². The van der Waals surface area contributed by atoms with Gasteiger partial charge in [-0.15, -0.1) is 0 Å². The summed E-state index contributed by atoms with van der Waals surface area (Å²) >= 11 is 0. The first kappa shape index (κ1) is 20.2. The van der Waals surface area contributed by atoms with Crippen molar-refractivity contribution < 1.29 is 22.8 Å². The minimum Gasteiger partial charge on any atom is -0.347 e. The van der Waals surface area contributed by atoms with Crippen molar-refractivity contribution in [3.05, 3.63) is 18.2 Å². The second kappa shape index (κ2) is 7.32. The lowest BCUT2D eigenvalue weighted by Crippen LogP contribution is -2.54. The van der Waals surface area contributed by atoms with Gasteiger partial charge < -0.3 is 14.8 Å². The van der Waals surface area contributed by atoms with E-state index in [0.29, 0.717) is 17.8 Å². The molecule has 1 aromatic heterocycles. The number of nitrogens with zero attached hydrogens (tertiary/aromatic N) is 3. The third-order valence-electron chi connectivity index (χ3n) is 6.88. The second-order valence-corrected chi connectivity index (χ2v) is 9.22. The summed E-state index contributed by atoms with van der Waals surface area (Å²) in [5.41, 5.74) is -0.323. The number of aromatic nitrogens is 2. The number of halogens is 3. The Morgan fingerprint density at radius 2 is 1.79 bits per heavy atom. The molecule has 160 valence electrons. The zero-order valence-electron chi connectivity index (χ0n) is 16.5. The van der Waals surface area contributed by atoms with Gasteiger partial charge in [0.1, 0.15) is 12.4 Å². The molecule has 4 aliphatic rings. The maximum absolute atomic E-state index is 12.9. The van der Waals surface area contributed by atoms with Crippen LogP contribution in [0.4, 0.5) is 13.2 Å². The summed E-state index contributed by atoms with van der Waals surface area (Å²) in [5, 5.41) is 2.82. The molecule has 1 heterocycles. The quantitative estimate of drug-likeness (QED) is 0.781. The summed E-state index contributed by atoms with van der Waals surface area (Å²) in [5.74, 6) is 1.70. The van der Waals surface area contributed by atoms with Gasteiger partial charge in [-0.05, 0) is 56.3 Å². The monoisotopic (exact) mass is 412 g/mol. The highest BCUT2D eigenvalue weighted by Crippen LogP contribution is 2.60. The maximum Gasteiger partial charge on any atom is 0.406 e. The number of carbonyl (C=O) groups is 2. The predicted molar refractivity (Wildman–Crippen MR) is 98.4 cm³/mol. The number of alkyl halides is 3. The summed E-state index contributed by atoms with van der Waals surface area (Å²) < 4.78 is 38.9. The molecule has 1 N–H and O–H groups in total. The zero-order valence-corrected chi connectivity index (χ0v) is 16.5. The molecule has 0 spiro atoms. The Morgan fingerprint density at radius 3 is 2.34 bits per heavy atom. The number of imidazole rings is 1. The number of nitrogens with one attached hydrogen (secondary N) is 1. The fourth-order valence-electron chi connectivity index (χ4n) is 6.00. The van der Waals surface area contributed by atoms with Gasteiger partial charge in [0, 0.05) is 24.9 Å². The minimum atomic E-state index is -4.36. The van der Waals surface area contributed by atoms with E-state index in [0.717, 1.165) is 23.8 Å². The normalized spacial score (nSPS) is 30.4. The van der Waals surface area contributed by atoms with Crippen molar-refractivity contribution >= 4 is 11.8 Å². The summed E-state index contributed by atoms with van der Waals surface area (Å²) in [4.78, 5) is 30.6. The van der Waals surface area contributed by atoms with Crippen molar-refractivity contribution in [2.75, 3.05) is 13.6 Å². The Balaban J connectivity index is 1.31. The Bertz CT molecular complexity index is 754. The molecule has 4 fully saturated rings. The SMILES string of the molecule is CN(Cc1nccn1CC(F)(F)F)C(=O)CNC(=O)C12CC3CC(CC(C3)C1)C2. The largest absolute Gasteiger partial charge is 0.406 e. The van der Waals surface area contributed by atoms with Crippen LogP contribution in [-0.2, 0) is 22.7 Å². The number of rotatable bonds is 6. The van der Waals surface area contributed by atoms with E-state index in [-0.39, 0.29) is 36.1 Å². The zero-order chi connectivity index (χ0) is 20.8. The molecule has 4 aliphatic carbocycles. The molecule has 5 rings (SSSR count). The van der Waals surface area contributed by atoms with Gasteiger partial charge in [0.05, 0.1) is 13.1 Å². The predicted octanol–water partition coefficient (Wildman–Crippen LogP) is 2.74. The van der Waals surface area contributed by atoms with Crippen molar-refractivity contribution in [2.45, 2.75) is 57.8 Å². The number of likely N-dealkylation sites (N-methyl/N-ethyl adjacent to an activating group) is 1. The van der Waals surface area contributed by atoms with E-state index in [1.54, 1.807) is 0 Å². The Hall–Kier alpha value is -2.06. The van der Waals surface area contributed by atoms with Crippen molar-refractivity contribution in [1.82, 2.24) is 19.8 Å². The van der Waals surface area contributed by atoms with E-state index in [2.05, 4.69) is 10.3 Å². The minimum absolute atomic E-state index is 0.0306. The molecule has 0 atom stereocenters. The van der Waals surface area contributed by atoms with E-state index in [1.807, 2.05) is 0 Å². The molecule has 0 radical (unpaired) electrons. The summed E-state index contributed by atoms with van der Waals surface area (Å²) in [6, 6.07) is 0. The molecule has 29 heavy (non-hydrogen) atoms. The lowest BCUT2D eigenvalue weighted by Gasteiger charge is -2.55. The van der Waals surface area contributed by atoms with Crippen LogP contribution in [0.3, 0.4) is 0 Å². The van der Waals surface area contributed by atoms with Gasteiger partial charge in [-0.1, -0.05) is 0 Å². The van der Waals surface area contributed by atoms with Crippen LogP contribution in [0, 0.1) is 23.2 Å². The molecule has 0 unspecified atom stereocenters. The molecular formula is C20H27F3N4O2. The first-order valence-electron chi connectivity index (χ1n) is 10.2. The second-order valence-electron chi connectivity index (χ2n) is 9.22. The third-order valence-corrected chi connectivity index (χ3v) is 6.88. The Morgan fingerprint density at radius 1 is 1.21 bits per heavy atom. The van der Waals surface area contributed by atoms with Crippen LogP contribution in [0.15, 0.2) is 12.4 Å². The number of hydrogen-bond donors (Lipinski definition) is 1. The summed E-state index contributed by atoms with van der Waals surface area (Å²) in [7, 11) is 1.51. The van der Waals surface area contributed by atoms with E-state index in [1.165, 1.54) is 43.6 Å². The van der Waals surface area contributed by atoms with Gasteiger partial charge >= 0.3 is 6.18 Å². The van der Waals surface area contributed by atoms with E-state index < -0.39 is 12.7 Å². The Labute approximate surface area is 167 Å². The maximum atomic E-state index is 12.9. The highest BCUT2D eigenvalue weighted by Gasteiger charge is 2.54. The average molecular weight is 412 g/mol.